The first-order chi connectivity index (χ1) is 17.8. The van der Waals surface area contributed by atoms with Crippen LogP contribution < -0.4 is 15.1 Å². The van der Waals surface area contributed by atoms with Crippen molar-refractivity contribution in [2.45, 2.75) is 13.1 Å². The molecule has 10 heteroatoms. The van der Waals surface area contributed by atoms with Crippen LogP contribution in [0.5, 0.6) is 0 Å². The standard InChI is InChI=1S/C27H24F3N5OS/c1-18-24(19-6-3-2-4-7-19)32-26(37-18)33-25(36)20-10-11-23(31-17-20)35-14-12-34(13-15-35)22-9-5-8-21(16-22)27(28,29)30/h2-11,16-17H,12-15H2,1H3,(H,32,33,36). The van der Waals surface area contributed by atoms with Gasteiger partial charge in [-0.2, -0.15) is 13.2 Å². The summed E-state index contributed by atoms with van der Waals surface area (Å²) in [5.41, 5.74) is 2.17. The molecule has 1 N–H and O–H groups in total. The number of benzene rings is 2. The summed E-state index contributed by atoms with van der Waals surface area (Å²) in [6, 6.07) is 18.7. The molecule has 2 aromatic carbocycles. The number of thiazole rings is 1. The Kier molecular flexibility index (Phi) is 6.84. The highest BCUT2D eigenvalue weighted by Gasteiger charge is 2.31. The SMILES string of the molecule is Cc1sc(NC(=O)c2ccc(N3CCN(c4cccc(C(F)(F)F)c4)CC3)nc2)nc1-c1ccccc1. The van der Waals surface area contributed by atoms with E-state index in [2.05, 4.69) is 20.2 Å². The van der Waals surface area contributed by atoms with Crippen LogP contribution >= 0.6 is 11.3 Å². The van der Waals surface area contributed by atoms with Gasteiger partial charge in [0.15, 0.2) is 5.13 Å². The maximum absolute atomic E-state index is 13.1. The number of hydrogen-bond donors (Lipinski definition) is 1. The number of nitrogens with zero attached hydrogens (tertiary/aromatic N) is 4. The first-order valence-electron chi connectivity index (χ1n) is 11.8. The minimum absolute atomic E-state index is 0.290. The van der Waals surface area contributed by atoms with Crippen molar-refractivity contribution < 1.29 is 18.0 Å². The molecule has 0 aliphatic carbocycles. The summed E-state index contributed by atoms with van der Waals surface area (Å²) < 4.78 is 39.2. The number of alkyl halides is 3. The smallest absolute Gasteiger partial charge is 0.368 e. The van der Waals surface area contributed by atoms with Gasteiger partial charge in [-0.05, 0) is 37.3 Å². The second-order valence-electron chi connectivity index (χ2n) is 8.67. The topological polar surface area (TPSA) is 61.4 Å². The summed E-state index contributed by atoms with van der Waals surface area (Å²) in [5, 5.41) is 3.38. The molecule has 2 aromatic heterocycles. The van der Waals surface area contributed by atoms with Gasteiger partial charge in [0.1, 0.15) is 5.82 Å². The van der Waals surface area contributed by atoms with Crippen LogP contribution in [0.25, 0.3) is 11.3 Å². The van der Waals surface area contributed by atoms with Crippen LogP contribution in [-0.2, 0) is 6.18 Å². The van der Waals surface area contributed by atoms with E-state index in [9.17, 15) is 18.0 Å². The van der Waals surface area contributed by atoms with E-state index < -0.39 is 11.7 Å². The maximum Gasteiger partial charge on any atom is 0.416 e. The van der Waals surface area contributed by atoms with Gasteiger partial charge >= 0.3 is 6.18 Å². The molecule has 0 unspecified atom stereocenters. The molecule has 1 saturated heterocycles. The maximum atomic E-state index is 13.1. The second kappa shape index (κ2) is 10.2. The first kappa shape index (κ1) is 24.8. The second-order valence-corrected chi connectivity index (χ2v) is 9.87. The molecule has 0 radical (unpaired) electrons. The molecule has 0 atom stereocenters. The summed E-state index contributed by atoms with van der Waals surface area (Å²) in [5.74, 6) is 0.429. The number of anilines is 3. The Hall–Kier alpha value is -3.92. The van der Waals surface area contributed by atoms with Crippen molar-refractivity contribution >= 4 is 33.9 Å². The van der Waals surface area contributed by atoms with Gasteiger partial charge in [0.05, 0.1) is 16.8 Å². The van der Waals surface area contributed by atoms with E-state index in [1.807, 2.05) is 42.2 Å². The molecular weight excluding hydrogens is 499 g/mol. The van der Waals surface area contributed by atoms with Gasteiger partial charge in [-0.1, -0.05) is 36.4 Å². The van der Waals surface area contributed by atoms with Crippen LogP contribution in [0.3, 0.4) is 0 Å². The minimum Gasteiger partial charge on any atom is -0.368 e. The summed E-state index contributed by atoms with van der Waals surface area (Å²) >= 11 is 1.42. The number of rotatable bonds is 5. The number of piperazine rings is 1. The lowest BCUT2D eigenvalue weighted by Crippen LogP contribution is -2.46. The highest BCUT2D eigenvalue weighted by atomic mass is 32.1. The average molecular weight is 524 g/mol. The van der Waals surface area contributed by atoms with Crippen molar-refractivity contribution in [2.24, 2.45) is 0 Å². The van der Waals surface area contributed by atoms with E-state index in [1.165, 1.54) is 29.7 Å². The van der Waals surface area contributed by atoms with E-state index in [0.29, 0.717) is 42.6 Å². The van der Waals surface area contributed by atoms with Crippen molar-refractivity contribution in [1.82, 2.24) is 9.97 Å². The average Bonchev–Trinajstić information content (AvgIpc) is 3.28. The van der Waals surface area contributed by atoms with Crippen molar-refractivity contribution in [3.05, 3.63) is 88.9 Å². The molecule has 1 aliphatic heterocycles. The lowest BCUT2D eigenvalue weighted by atomic mass is 10.1. The van der Waals surface area contributed by atoms with E-state index in [1.54, 1.807) is 18.2 Å². The minimum atomic E-state index is -4.36. The van der Waals surface area contributed by atoms with Crippen LogP contribution in [0.1, 0.15) is 20.8 Å². The van der Waals surface area contributed by atoms with Crippen molar-refractivity contribution in [1.29, 1.82) is 0 Å². The number of carbonyl (C=O) groups excluding carboxylic acids is 1. The molecule has 3 heterocycles. The summed E-state index contributed by atoms with van der Waals surface area (Å²) in [7, 11) is 0. The fraction of sp³-hybridized carbons (Fsp3) is 0.222. The number of nitrogens with one attached hydrogen (secondary N) is 1. The van der Waals surface area contributed by atoms with Gasteiger partial charge in [-0.25, -0.2) is 9.97 Å². The van der Waals surface area contributed by atoms with Gasteiger partial charge in [-0.15, -0.1) is 11.3 Å². The Morgan fingerprint density at radius 3 is 2.35 bits per heavy atom. The number of halogens is 3. The van der Waals surface area contributed by atoms with Crippen LogP contribution in [0.15, 0.2) is 72.9 Å². The Labute approximate surface area is 216 Å². The Morgan fingerprint density at radius 1 is 0.946 bits per heavy atom. The third-order valence-corrected chi connectivity index (χ3v) is 7.10. The number of aryl methyl sites for hydroxylation is 1. The van der Waals surface area contributed by atoms with E-state index in [4.69, 9.17) is 0 Å². The zero-order valence-corrected chi connectivity index (χ0v) is 20.8. The summed E-state index contributed by atoms with van der Waals surface area (Å²) in [6.45, 7) is 4.32. The van der Waals surface area contributed by atoms with Gasteiger partial charge in [0, 0.05) is 48.5 Å². The molecule has 1 fully saturated rings. The van der Waals surface area contributed by atoms with E-state index >= 15 is 0 Å². The Bertz CT molecular complexity index is 1380. The fourth-order valence-corrected chi connectivity index (χ4v) is 5.09. The summed E-state index contributed by atoms with van der Waals surface area (Å²) in [6.07, 6.45) is -2.83. The highest BCUT2D eigenvalue weighted by molar-refractivity contribution is 7.16. The molecule has 1 aliphatic rings. The predicted molar refractivity (Wildman–Crippen MR) is 140 cm³/mol. The Balaban J connectivity index is 1.20. The number of aromatic nitrogens is 2. The predicted octanol–water partition coefficient (Wildman–Crippen LogP) is 6.11. The quantitative estimate of drug-likeness (QED) is 0.342. The number of amides is 1. The van der Waals surface area contributed by atoms with Crippen molar-refractivity contribution in [3.63, 3.8) is 0 Å². The molecule has 6 nitrogen and oxygen atoms in total. The molecule has 5 rings (SSSR count). The normalized spacial score (nSPS) is 14.1. The van der Waals surface area contributed by atoms with E-state index in [-0.39, 0.29) is 5.91 Å². The Morgan fingerprint density at radius 2 is 1.68 bits per heavy atom. The van der Waals surface area contributed by atoms with Gasteiger partial charge in [0.25, 0.3) is 5.91 Å². The van der Waals surface area contributed by atoms with Crippen molar-refractivity contribution in [3.8, 4) is 11.3 Å². The molecule has 0 bridgehead atoms. The van der Waals surface area contributed by atoms with Crippen molar-refractivity contribution in [2.75, 3.05) is 41.3 Å². The number of carbonyl (C=O) groups is 1. The number of hydrogen-bond acceptors (Lipinski definition) is 6. The van der Waals surface area contributed by atoms with Crippen LogP contribution in [0, 0.1) is 6.92 Å². The molecule has 1 amide bonds. The van der Waals surface area contributed by atoms with Crippen LogP contribution in [0.2, 0.25) is 0 Å². The lowest BCUT2D eigenvalue weighted by molar-refractivity contribution is -0.137. The van der Waals surface area contributed by atoms with Gasteiger partial charge in [0.2, 0.25) is 0 Å². The molecule has 0 saturated carbocycles. The van der Waals surface area contributed by atoms with Crippen LogP contribution in [-0.4, -0.2) is 42.1 Å². The summed E-state index contributed by atoms with van der Waals surface area (Å²) in [4.78, 5) is 26.8. The monoisotopic (exact) mass is 523 g/mol. The lowest BCUT2D eigenvalue weighted by Gasteiger charge is -2.37. The molecule has 190 valence electrons. The largest absolute Gasteiger partial charge is 0.416 e. The zero-order valence-electron chi connectivity index (χ0n) is 20.0. The fourth-order valence-electron chi connectivity index (χ4n) is 4.26. The highest BCUT2D eigenvalue weighted by Crippen LogP contribution is 2.32. The van der Waals surface area contributed by atoms with E-state index in [0.717, 1.165) is 28.0 Å². The molecule has 4 aromatic rings. The third kappa shape index (κ3) is 5.59. The first-order valence-corrected chi connectivity index (χ1v) is 12.6. The molecular formula is C27H24F3N5OS. The molecule has 0 spiro atoms. The third-order valence-electron chi connectivity index (χ3n) is 6.22. The van der Waals surface area contributed by atoms with Crippen LogP contribution in [0.4, 0.5) is 29.8 Å². The molecule has 37 heavy (non-hydrogen) atoms. The number of pyridine rings is 1. The zero-order chi connectivity index (χ0) is 26.0. The van der Waals surface area contributed by atoms with Gasteiger partial charge < -0.3 is 9.80 Å². The van der Waals surface area contributed by atoms with Gasteiger partial charge in [-0.3, -0.25) is 10.1 Å².